The number of amides is 2. The minimum absolute atomic E-state index is 0.206. The molecule has 1 aliphatic heterocycles. The number of hydrogen-bond donors (Lipinski definition) is 3. The Balaban J connectivity index is 1.86. The first-order valence-corrected chi connectivity index (χ1v) is 6.67. The SMILES string of the molecule is O=C(O)c1ccc(CNC(=O)N2CCOCC(O)C2)cc1. The standard InChI is InChI=1S/C14H18N2O5/c17-12-8-16(5-6-21-9-12)14(20)15-7-10-1-3-11(4-2-10)13(18)19/h1-4,12,17H,5-9H2,(H,15,20)(H,18,19). The fourth-order valence-corrected chi connectivity index (χ4v) is 2.03. The van der Waals surface area contributed by atoms with Crippen LogP contribution in [0.2, 0.25) is 0 Å². The third kappa shape index (κ3) is 4.44. The van der Waals surface area contributed by atoms with Crippen molar-refractivity contribution in [2.24, 2.45) is 0 Å². The van der Waals surface area contributed by atoms with Gasteiger partial charge in [0.15, 0.2) is 0 Å². The molecule has 21 heavy (non-hydrogen) atoms. The predicted octanol–water partition coefficient (Wildman–Crippen LogP) is 0.287. The molecule has 1 unspecified atom stereocenters. The zero-order valence-electron chi connectivity index (χ0n) is 11.5. The highest BCUT2D eigenvalue weighted by molar-refractivity contribution is 5.87. The first-order valence-electron chi connectivity index (χ1n) is 6.67. The number of carboxylic acid groups (broad SMARTS) is 1. The molecule has 0 spiro atoms. The lowest BCUT2D eigenvalue weighted by atomic mass is 10.1. The number of aliphatic hydroxyl groups is 1. The molecule has 2 rings (SSSR count). The van der Waals surface area contributed by atoms with Gasteiger partial charge >= 0.3 is 12.0 Å². The Morgan fingerprint density at radius 1 is 1.33 bits per heavy atom. The van der Waals surface area contributed by atoms with Crippen LogP contribution in [0.4, 0.5) is 4.79 Å². The summed E-state index contributed by atoms with van der Waals surface area (Å²) >= 11 is 0. The molecular weight excluding hydrogens is 276 g/mol. The number of hydrogen-bond acceptors (Lipinski definition) is 4. The van der Waals surface area contributed by atoms with Gasteiger partial charge in [0.25, 0.3) is 0 Å². The van der Waals surface area contributed by atoms with Crippen molar-refractivity contribution in [2.45, 2.75) is 12.6 Å². The maximum Gasteiger partial charge on any atom is 0.335 e. The number of aliphatic hydroxyl groups excluding tert-OH is 1. The summed E-state index contributed by atoms with van der Waals surface area (Å²) < 4.78 is 5.16. The fraction of sp³-hybridized carbons (Fsp3) is 0.429. The normalized spacial score (nSPS) is 18.9. The van der Waals surface area contributed by atoms with Crippen molar-refractivity contribution in [3.05, 3.63) is 35.4 Å². The van der Waals surface area contributed by atoms with Gasteiger partial charge in [-0.05, 0) is 17.7 Å². The van der Waals surface area contributed by atoms with Crippen LogP contribution in [-0.2, 0) is 11.3 Å². The summed E-state index contributed by atoms with van der Waals surface area (Å²) in [5, 5.41) is 21.1. The number of benzene rings is 1. The molecule has 1 atom stereocenters. The second-order valence-corrected chi connectivity index (χ2v) is 4.84. The monoisotopic (exact) mass is 294 g/mol. The molecule has 2 amide bonds. The molecule has 1 aromatic carbocycles. The summed E-state index contributed by atoms with van der Waals surface area (Å²) in [7, 11) is 0. The second kappa shape index (κ2) is 7.05. The quantitative estimate of drug-likeness (QED) is 0.744. The van der Waals surface area contributed by atoms with Crippen LogP contribution in [0, 0.1) is 0 Å². The molecular formula is C14H18N2O5. The van der Waals surface area contributed by atoms with Crippen molar-refractivity contribution in [3.63, 3.8) is 0 Å². The highest BCUT2D eigenvalue weighted by Gasteiger charge is 2.20. The van der Waals surface area contributed by atoms with E-state index in [0.717, 1.165) is 5.56 Å². The molecule has 0 saturated carbocycles. The summed E-state index contributed by atoms with van der Waals surface area (Å²) in [5.74, 6) is -0.982. The number of carbonyl (C=O) groups is 2. The summed E-state index contributed by atoms with van der Waals surface area (Å²) in [6, 6.07) is 6.02. The van der Waals surface area contributed by atoms with Gasteiger partial charge < -0.3 is 25.2 Å². The number of β-amino-alcohol motifs (C(OH)–C–C–N with tert-alkyl or cyclic N) is 1. The van der Waals surface area contributed by atoms with Crippen molar-refractivity contribution in [1.29, 1.82) is 0 Å². The van der Waals surface area contributed by atoms with E-state index >= 15 is 0 Å². The van der Waals surface area contributed by atoms with Gasteiger partial charge in [-0.15, -0.1) is 0 Å². The topological polar surface area (TPSA) is 99.1 Å². The van der Waals surface area contributed by atoms with Crippen LogP contribution in [0.15, 0.2) is 24.3 Å². The van der Waals surface area contributed by atoms with Gasteiger partial charge in [0.1, 0.15) is 0 Å². The van der Waals surface area contributed by atoms with Gasteiger partial charge in [-0.3, -0.25) is 0 Å². The van der Waals surface area contributed by atoms with E-state index in [9.17, 15) is 14.7 Å². The Bertz CT molecular complexity index is 503. The van der Waals surface area contributed by atoms with Crippen LogP contribution >= 0.6 is 0 Å². The lowest BCUT2D eigenvalue weighted by Crippen LogP contribution is -2.43. The lowest BCUT2D eigenvalue weighted by molar-refractivity contribution is 0.0574. The molecule has 0 bridgehead atoms. The van der Waals surface area contributed by atoms with E-state index in [2.05, 4.69) is 5.32 Å². The average Bonchev–Trinajstić information content (AvgIpc) is 2.70. The van der Waals surface area contributed by atoms with Crippen molar-refractivity contribution in [1.82, 2.24) is 10.2 Å². The Morgan fingerprint density at radius 3 is 2.71 bits per heavy atom. The van der Waals surface area contributed by atoms with E-state index in [0.29, 0.717) is 19.7 Å². The number of ether oxygens (including phenoxy) is 1. The van der Waals surface area contributed by atoms with E-state index in [1.54, 1.807) is 12.1 Å². The van der Waals surface area contributed by atoms with Crippen LogP contribution < -0.4 is 5.32 Å². The van der Waals surface area contributed by atoms with Crippen LogP contribution in [0.3, 0.4) is 0 Å². The third-order valence-electron chi connectivity index (χ3n) is 3.18. The Morgan fingerprint density at radius 2 is 2.05 bits per heavy atom. The van der Waals surface area contributed by atoms with Gasteiger partial charge in [-0.1, -0.05) is 12.1 Å². The van der Waals surface area contributed by atoms with Crippen LogP contribution in [-0.4, -0.2) is 59.5 Å². The number of rotatable bonds is 3. The number of nitrogens with zero attached hydrogens (tertiary/aromatic N) is 1. The molecule has 3 N–H and O–H groups in total. The van der Waals surface area contributed by atoms with Crippen LogP contribution in [0.25, 0.3) is 0 Å². The van der Waals surface area contributed by atoms with Gasteiger partial charge in [-0.25, -0.2) is 9.59 Å². The van der Waals surface area contributed by atoms with Crippen molar-refractivity contribution >= 4 is 12.0 Å². The predicted molar refractivity (Wildman–Crippen MR) is 74.0 cm³/mol. The Labute approximate surface area is 122 Å². The number of carboxylic acids is 1. The molecule has 7 heteroatoms. The highest BCUT2D eigenvalue weighted by atomic mass is 16.5. The van der Waals surface area contributed by atoms with E-state index < -0.39 is 12.1 Å². The maximum absolute atomic E-state index is 12.0. The van der Waals surface area contributed by atoms with E-state index in [4.69, 9.17) is 9.84 Å². The van der Waals surface area contributed by atoms with Crippen LogP contribution in [0.1, 0.15) is 15.9 Å². The van der Waals surface area contributed by atoms with Crippen molar-refractivity contribution in [3.8, 4) is 0 Å². The minimum Gasteiger partial charge on any atom is -0.478 e. The molecule has 114 valence electrons. The average molecular weight is 294 g/mol. The highest BCUT2D eigenvalue weighted by Crippen LogP contribution is 2.05. The zero-order valence-corrected chi connectivity index (χ0v) is 11.5. The van der Waals surface area contributed by atoms with Gasteiger partial charge in [0.05, 0.1) is 31.4 Å². The molecule has 1 fully saturated rings. The minimum atomic E-state index is -0.982. The first-order chi connectivity index (χ1) is 10.1. The first kappa shape index (κ1) is 15.3. The maximum atomic E-state index is 12.0. The summed E-state index contributed by atoms with van der Waals surface area (Å²) in [5.41, 5.74) is 1.01. The second-order valence-electron chi connectivity index (χ2n) is 4.84. The molecule has 1 saturated heterocycles. The van der Waals surface area contributed by atoms with Crippen LogP contribution in [0.5, 0.6) is 0 Å². The fourth-order valence-electron chi connectivity index (χ4n) is 2.03. The van der Waals surface area contributed by atoms with Gasteiger partial charge in [-0.2, -0.15) is 0 Å². The smallest absolute Gasteiger partial charge is 0.335 e. The molecule has 1 aromatic rings. The number of carbonyl (C=O) groups excluding carboxylic acids is 1. The lowest BCUT2D eigenvalue weighted by Gasteiger charge is -2.21. The summed E-state index contributed by atoms with van der Waals surface area (Å²) in [4.78, 5) is 24.2. The van der Waals surface area contributed by atoms with E-state index in [1.165, 1.54) is 17.0 Å². The molecule has 0 radical (unpaired) electrons. The number of urea groups is 1. The van der Waals surface area contributed by atoms with Crippen molar-refractivity contribution in [2.75, 3.05) is 26.3 Å². The molecule has 1 heterocycles. The van der Waals surface area contributed by atoms with Gasteiger partial charge in [0, 0.05) is 13.1 Å². The molecule has 1 aliphatic rings. The molecule has 0 aromatic heterocycles. The van der Waals surface area contributed by atoms with Crippen molar-refractivity contribution < 1.29 is 24.5 Å². The Kier molecular flexibility index (Phi) is 5.13. The van der Waals surface area contributed by atoms with Gasteiger partial charge in [0.2, 0.25) is 0 Å². The number of nitrogens with one attached hydrogen (secondary N) is 1. The van der Waals surface area contributed by atoms with E-state index in [1.807, 2.05) is 0 Å². The third-order valence-corrected chi connectivity index (χ3v) is 3.18. The van der Waals surface area contributed by atoms with E-state index in [-0.39, 0.29) is 24.7 Å². The number of aromatic carboxylic acids is 1. The molecule has 7 nitrogen and oxygen atoms in total. The summed E-state index contributed by atoms with van der Waals surface area (Å²) in [6.07, 6.45) is -0.673. The molecule has 0 aliphatic carbocycles. The Hall–Kier alpha value is -2.12. The summed E-state index contributed by atoms with van der Waals surface area (Å²) in [6.45, 7) is 1.61. The zero-order chi connectivity index (χ0) is 15.2. The largest absolute Gasteiger partial charge is 0.478 e.